The second-order valence-corrected chi connectivity index (χ2v) is 11.0. The lowest BCUT2D eigenvalue weighted by atomic mass is 9.91. The molecule has 0 radical (unpaired) electrons. The Kier molecular flexibility index (Phi) is 6.24. The summed E-state index contributed by atoms with van der Waals surface area (Å²) in [6, 6.07) is 23.5. The second kappa shape index (κ2) is 9.47. The number of sulfone groups is 1. The van der Waals surface area contributed by atoms with Crippen molar-refractivity contribution in [2.24, 2.45) is 0 Å². The van der Waals surface area contributed by atoms with E-state index in [-0.39, 0.29) is 24.0 Å². The van der Waals surface area contributed by atoms with Crippen LogP contribution in [0.15, 0.2) is 83.9 Å². The highest BCUT2D eigenvalue weighted by Gasteiger charge is 2.22. The van der Waals surface area contributed by atoms with Gasteiger partial charge in [0.05, 0.1) is 10.6 Å². The van der Waals surface area contributed by atoms with Crippen LogP contribution in [-0.2, 0) is 27.5 Å². The van der Waals surface area contributed by atoms with Gasteiger partial charge in [0.2, 0.25) is 5.91 Å². The van der Waals surface area contributed by atoms with Gasteiger partial charge in [-0.15, -0.1) is 0 Å². The van der Waals surface area contributed by atoms with E-state index in [1.807, 2.05) is 48.7 Å². The van der Waals surface area contributed by atoms with E-state index in [0.29, 0.717) is 11.4 Å². The van der Waals surface area contributed by atoms with Crippen molar-refractivity contribution in [3.63, 3.8) is 0 Å². The third-order valence-electron chi connectivity index (χ3n) is 6.73. The maximum Gasteiger partial charge on any atom is 0.221 e. The first-order chi connectivity index (χ1) is 16.5. The second-order valence-electron chi connectivity index (χ2n) is 8.91. The maximum atomic E-state index is 12.8. The van der Waals surface area contributed by atoms with Crippen LogP contribution in [0.2, 0.25) is 0 Å². The first-order valence-corrected chi connectivity index (χ1v) is 13.4. The van der Waals surface area contributed by atoms with Crippen LogP contribution in [0.25, 0.3) is 10.9 Å². The molecule has 4 aromatic rings. The molecule has 34 heavy (non-hydrogen) atoms. The van der Waals surface area contributed by atoms with Crippen LogP contribution in [-0.4, -0.2) is 31.6 Å². The number of benzene rings is 3. The van der Waals surface area contributed by atoms with Gasteiger partial charge in [0, 0.05) is 36.0 Å². The summed E-state index contributed by atoms with van der Waals surface area (Å²) in [6.45, 7) is 0.392. The summed E-state index contributed by atoms with van der Waals surface area (Å²) in [5, 5.41) is 4.10. The minimum Gasteiger partial charge on any atom is -0.361 e. The Bertz CT molecular complexity index is 1420. The van der Waals surface area contributed by atoms with Gasteiger partial charge in [-0.2, -0.15) is 0 Å². The van der Waals surface area contributed by atoms with Crippen LogP contribution in [0.1, 0.15) is 41.0 Å². The van der Waals surface area contributed by atoms with E-state index in [2.05, 4.69) is 28.5 Å². The van der Waals surface area contributed by atoms with Crippen molar-refractivity contribution in [2.75, 3.05) is 12.3 Å². The molecule has 0 aliphatic heterocycles. The molecular formula is C28H28N2O3S. The van der Waals surface area contributed by atoms with E-state index in [1.54, 1.807) is 12.1 Å². The minimum atomic E-state index is -3.51. The lowest BCUT2D eigenvalue weighted by Crippen LogP contribution is -2.30. The van der Waals surface area contributed by atoms with Gasteiger partial charge in [-0.1, -0.05) is 54.6 Å². The maximum absolute atomic E-state index is 12.8. The summed E-state index contributed by atoms with van der Waals surface area (Å²) in [4.78, 5) is 16.3. The molecule has 0 fully saturated rings. The minimum absolute atomic E-state index is 0.0466. The van der Waals surface area contributed by atoms with Crippen molar-refractivity contribution in [3.05, 3.63) is 101 Å². The molecule has 0 bridgehead atoms. The Labute approximate surface area is 200 Å². The van der Waals surface area contributed by atoms with Crippen molar-refractivity contribution < 1.29 is 13.2 Å². The fraction of sp³-hybridized carbons (Fsp3) is 0.250. The average Bonchev–Trinajstić information content (AvgIpc) is 3.51. The van der Waals surface area contributed by atoms with Crippen LogP contribution >= 0.6 is 0 Å². The molecule has 1 aliphatic rings. The molecule has 0 saturated carbocycles. The normalized spacial score (nSPS) is 14.1. The van der Waals surface area contributed by atoms with Crippen LogP contribution in [0.5, 0.6) is 0 Å². The van der Waals surface area contributed by atoms with Crippen molar-refractivity contribution >= 4 is 26.6 Å². The summed E-state index contributed by atoms with van der Waals surface area (Å²) in [7, 11) is -3.51. The highest BCUT2D eigenvalue weighted by Crippen LogP contribution is 2.30. The molecule has 3 aromatic carbocycles. The number of aromatic nitrogens is 1. The van der Waals surface area contributed by atoms with Crippen LogP contribution in [0.3, 0.4) is 0 Å². The summed E-state index contributed by atoms with van der Waals surface area (Å²) >= 11 is 0. The molecule has 0 spiro atoms. The summed E-state index contributed by atoms with van der Waals surface area (Å²) in [5.74, 6) is -0.499. The number of nitrogens with one attached hydrogen (secondary N) is 2. The highest BCUT2D eigenvalue weighted by atomic mass is 32.2. The van der Waals surface area contributed by atoms with Gasteiger partial charge in [-0.25, -0.2) is 8.42 Å². The molecule has 2 N–H and O–H groups in total. The predicted octanol–water partition coefficient (Wildman–Crippen LogP) is 4.77. The van der Waals surface area contributed by atoms with E-state index in [4.69, 9.17) is 0 Å². The molecule has 0 saturated heterocycles. The standard InChI is InChI=1S/C28H28N2O3S/c31-28(15-16-34(32,33)23-14-13-20-9-6-10-22(20)17-23)30-18-25(21-7-2-1-3-8-21)26-19-29-27-12-5-4-11-24(26)27/h1-5,7-8,11-14,17,19,25,29H,6,9-10,15-16,18H2,(H,30,31). The Morgan fingerprint density at radius 3 is 2.56 bits per heavy atom. The molecular weight excluding hydrogens is 444 g/mol. The van der Waals surface area contributed by atoms with Gasteiger partial charge >= 0.3 is 0 Å². The summed E-state index contributed by atoms with van der Waals surface area (Å²) in [6.07, 6.45) is 4.94. The third kappa shape index (κ3) is 4.64. The monoisotopic (exact) mass is 472 g/mol. The average molecular weight is 473 g/mol. The highest BCUT2D eigenvalue weighted by molar-refractivity contribution is 7.91. The van der Waals surface area contributed by atoms with Crippen LogP contribution in [0.4, 0.5) is 0 Å². The Hall–Kier alpha value is -3.38. The molecule has 1 amide bonds. The fourth-order valence-corrected chi connectivity index (χ4v) is 6.15. The first kappa shape index (κ1) is 22.4. The Morgan fingerprint density at radius 2 is 1.71 bits per heavy atom. The zero-order chi connectivity index (χ0) is 23.5. The van der Waals surface area contributed by atoms with Crippen molar-refractivity contribution in [1.29, 1.82) is 0 Å². The predicted molar refractivity (Wildman–Crippen MR) is 135 cm³/mol. The zero-order valence-corrected chi connectivity index (χ0v) is 19.8. The SMILES string of the molecule is O=C(CCS(=O)(=O)c1ccc2c(c1)CCC2)NCC(c1ccccc1)c1c[nH]c2ccccc12. The molecule has 1 unspecified atom stereocenters. The lowest BCUT2D eigenvalue weighted by Gasteiger charge is -2.18. The molecule has 174 valence electrons. The van der Waals surface area contributed by atoms with E-state index >= 15 is 0 Å². The number of carbonyl (C=O) groups is 1. The van der Waals surface area contributed by atoms with Gasteiger partial charge in [0.15, 0.2) is 9.84 Å². The molecule has 1 aliphatic carbocycles. The summed E-state index contributed by atoms with van der Waals surface area (Å²) in [5.41, 5.74) is 5.60. The van der Waals surface area contributed by atoms with E-state index in [9.17, 15) is 13.2 Å². The van der Waals surface area contributed by atoms with Crippen molar-refractivity contribution in [3.8, 4) is 0 Å². The van der Waals surface area contributed by atoms with Crippen molar-refractivity contribution in [1.82, 2.24) is 10.3 Å². The largest absolute Gasteiger partial charge is 0.361 e. The molecule has 1 atom stereocenters. The number of hydrogen-bond acceptors (Lipinski definition) is 3. The molecule has 5 rings (SSSR count). The molecule has 6 heteroatoms. The number of aryl methyl sites for hydroxylation is 2. The van der Waals surface area contributed by atoms with Gasteiger partial charge in [-0.05, 0) is 59.7 Å². The molecule has 5 nitrogen and oxygen atoms in total. The third-order valence-corrected chi connectivity index (χ3v) is 8.44. The number of amides is 1. The van der Waals surface area contributed by atoms with Gasteiger partial charge < -0.3 is 10.3 Å². The number of H-pyrrole nitrogens is 1. The summed E-state index contributed by atoms with van der Waals surface area (Å²) < 4.78 is 25.7. The molecule has 1 aromatic heterocycles. The number of carbonyl (C=O) groups excluding carboxylic acids is 1. The topological polar surface area (TPSA) is 79.0 Å². The van der Waals surface area contributed by atoms with E-state index in [1.165, 1.54) is 5.56 Å². The lowest BCUT2D eigenvalue weighted by molar-refractivity contribution is -0.120. The van der Waals surface area contributed by atoms with E-state index in [0.717, 1.165) is 46.9 Å². The number of fused-ring (bicyclic) bond motifs is 2. The smallest absolute Gasteiger partial charge is 0.221 e. The fourth-order valence-electron chi connectivity index (χ4n) is 4.87. The van der Waals surface area contributed by atoms with Crippen LogP contribution in [0, 0.1) is 0 Å². The first-order valence-electron chi connectivity index (χ1n) is 11.7. The zero-order valence-electron chi connectivity index (χ0n) is 19.0. The number of hydrogen-bond donors (Lipinski definition) is 2. The number of para-hydroxylation sites is 1. The van der Waals surface area contributed by atoms with Gasteiger partial charge in [-0.3, -0.25) is 4.79 Å². The number of aromatic amines is 1. The van der Waals surface area contributed by atoms with E-state index < -0.39 is 9.84 Å². The Balaban J connectivity index is 1.28. The van der Waals surface area contributed by atoms with Gasteiger partial charge in [0.1, 0.15) is 0 Å². The van der Waals surface area contributed by atoms with Crippen LogP contribution < -0.4 is 5.32 Å². The number of rotatable bonds is 8. The Morgan fingerprint density at radius 1 is 0.941 bits per heavy atom. The quantitative estimate of drug-likeness (QED) is 0.388. The molecule has 1 heterocycles. The van der Waals surface area contributed by atoms with Crippen molar-refractivity contribution in [2.45, 2.75) is 36.5 Å². The van der Waals surface area contributed by atoms with Gasteiger partial charge in [0.25, 0.3) is 0 Å².